The molecule has 6 N–H and O–H groups in total. The minimum Gasteiger partial charge on any atom is -0.489 e. The number of nitrogens with zero attached hydrogens (tertiary/aromatic N) is 4. The molecule has 5 rings (SSSR count). The molecule has 0 radical (unpaired) electrons. The Balaban J connectivity index is 1.58. The Bertz CT molecular complexity index is 1610. The Morgan fingerprint density at radius 3 is 2.21 bits per heavy atom. The number of hydrogen-bond donors (Lipinski definition) is 4. The minimum atomic E-state index is -0.758. The zero-order valence-corrected chi connectivity index (χ0v) is 20.8. The van der Waals surface area contributed by atoms with Gasteiger partial charge in [0.05, 0.1) is 5.69 Å². The third kappa shape index (κ3) is 5.36. The second kappa shape index (κ2) is 11.1. The van der Waals surface area contributed by atoms with Crippen LogP contribution in [0.25, 0.3) is 0 Å². The van der Waals surface area contributed by atoms with Crippen molar-refractivity contribution in [2.45, 2.75) is 19.3 Å². The first-order valence-electron chi connectivity index (χ1n) is 12.0. The van der Waals surface area contributed by atoms with Crippen LogP contribution in [0.2, 0.25) is 0 Å². The summed E-state index contributed by atoms with van der Waals surface area (Å²) in [6, 6.07) is 26.3. The maximum Gasteiger partial charge on any atom is 0.211 e. The van der Waals surface area contributed by atoms with Crippen molar-refractivity contribution in [3.05, 3.63) is 107 Å². The summed E-state index contributed by atoms with van der Waals surface area (Å²) in [5, 5.41) is 24.3. The van der Waals surface area contributed by atoms with Gasteiger partial charge in [-0.05, 0) is 23.3 Å². The van der Waals surface area contributed by atoms with Gasteiger partial charge in [-0.2, -0.15) is 10.5 Å². The average Bonchev–Trinajstić information content (AvgIpc) is 2.96. The summed E-state index contributed by atoms with van der Waals surface area (Å²) < 4.78 is 12.3. The van der Waals surface area contributed by atoms with E-state index in [4.69, 9.17) is 20.9 Å². The lowest BCUT2D eigenvalue weighted by molar-refractivity contribution is 0.287. The predicted molar refractivity (Wildman–Crippen MR) is 147 cm³/mol. The first-order valence-corrected chi connectivity index (χ1v) is 12.0. The van der Waals surface area contributed by atoms with Gasteiger partial charge in [0.1, 0.15) is 54.0 Å². The lowest BCUT2D eigenvalue weighted by atomic mass is 9.94. The second-order valence-corrected chi connectivity index (χ2v) is 8.65. The summed E-state index contributed by atoms with van der Waals surface area (Å²) in [4.78, 5) is 8.99. The lowest BCUT2D eigenvalue weighted by Gasteiger charge is -2.27. The Hall–Kier alpha value is -5.74. The normalized spacial score (nSPS) is 13.6. The molecule has 0 saturated heterocycles. The van der Waals surface area contributed by atoms with Crippen LogP contribution in [0.5, 0.6) is 11.5 Å². The van der Waals surface area contributed by atoms with Gasteiger partial charge in [-0.15, -0.1) is 0 Å². The molecule has 1 unspecified atom stereocenters. The summed E-state index contributed by atoms with van der Waals surface area (Å²) in [6.07, 6.45) is 1.86. The molecule has 0 aliphatic carbocycles. The number of nitriles is 2. The molecule has 0 spiro atoms. The molecule has 192 valence electrons. The average molecular weight is 517 g/mol. The fourth-order valence-corrected chi connectivity index (χ4v) is 4.24. The van der Waals surface area contributed by atoms with E-state index in [-0.39, 0.29) is 23.0 Å². The van der Waals surface area contributed by atoms with Gasteiger partial charge in [-0.1, -0.05) is 60.7 Å². The zero-order chi connectivity index (χ0) is 27.2. The quantitative estimate of drug-likeness (QED) is 0.208. The first kappa shape index (κ1) is 24.9. The molecule has 10 heteroatoms. The van der Waals surface area contributed by atoms with E-state index >= 15 is 0 Å². The number of fused-ring (bicyclic) bond motifs is 1. The molecule has 1 atom stereocenters. The van der Waals surface area contributed by atoms with E-state index in [9.17, 15) is 10.5 Å². The van der Waals surface area contributed by atoms with E-state index in [2.05, 4.69) is 20.6 Å². The van der Waals surface area contributed by atoms with Gasteiger partial charge in [-0.3, -0.25) is 5.32 Å². The third-order valence-corrected chi connectivity index (χ3v) is 6.12. The third-order valence-electron chi connectivity index (χ3n) is 6.12. The van der Waals surface area contributed by atoms with Crippen molar-refractivity contribution in [2.24, 2.45) is 4.99 Å². The van der Waals surface area contributed by atoms with Crippen LogP contribution in [0.15, 0.2) is 83.9 Å². The number of nitrogens with two attached hydrogens (primary N) is 2. The number of pyridine rings is 1. The van der Waals surface area contributed by atoms with Crippen molar-refractivity contribution < 1.29 is 9.47 Å². The van der Waals surface area contributed by atoms with Crippen molar-refractivity contribution >= 4 is 23.3 Å². The maximum atomic E-state index is 9.65. The van der Waals surface area contributed by atoms with Crippen molar-refractivity contribution in [3.8, 4) is 23.8 Å². The lowest BCUT2D eigenvalue weighted by Crippen LogP contribution is -2.32. The van der Waals surface area contributed by atoms with E-state index < -0.39 is 6.04 Å². The predicted octanol–water partition coefficient (Wildman–Crippen LogP) is 4.22. The highest BCUT2D eigenvalue weighted by Crippen LogP contribution is 2.44. The molecule has 0 fully saturated rings. The molecular weight excluding hydrogens is 492 g/mol. The summed E-state index contributed by atoms with van der Waals surface area (Å²) in [6.45, 7) is 0.671. The number of guanidine groups is 1. The molecule has 2 heterocycles. The Morgan fingerprint density at radius 1 is 0.897 bits per heavy atom. The van der Waals surface area contributed by atoms with Crippen LogP contribution in [-0.4, -0.2) is 10.9 Å². The fourth-order valence-electron chi connectivity index (χ4n) is 4.24. The van der Waals surface area contributed by atoms with Crippen LogP contribution in [0.3, 0.4) is 0 Å². The van der Waals surface area contributed by atoms with E-state index in [1.807, 2.05) is 85.1 Å². The summed E-state index contributed by atoms with van der Waals surface area (Å²) in [7, 11) is 0. The van der Waals surface area contributed by atoms with Crippen LogP contribution in [0.4, 0.5) is 17.3 Å². The molecule has 0 amide bonds. The van der Waals surface area contributed by atoms with Gasteiger partial charge >= 0.3 is 0 Å². The number of ether oxygens (including phenoxy) is 2. The topological polar surface area (TPSA) is 167 Å². The fraction of sp³-hybridized carbons (Fsp3) is 0.103. The number of benzene rings is 3. The van der Waals surface area contributed by atoms with Gasteiger partial charge in [0, 0.05) is 17.2 Å². The standard InChI is InChI=1S/C29H24N8O2/c30-14-22-25(32)24-26(35-29(34-17-31)37-28(24)36-27(22)33)21-12-11-20(38-15-18-7-3-1-4-8-18)13-23(21)39-16-19-9-5-2-6-10-19/h1-13,26H,15-16H2,(H6,32,33,34,35,36,37). The van der Waals surface area contributed by atoms with Gasteiger partial charge < -0.3 is 26.3 Å². The molecule has 1 aliphatic heterocycles. The number of anilines is 3. The molecule has 39 heavy (non-hydrogen) atoms. The smallest absolute Gasteiger partial charge is 0.211 e. The molecule has 0 saturated carbocycles. The van der Waals surface area contributed by atoms with Gasteiger partial charge in [0.2, 0.25) is 5.96 Å². The largest absolute Gasteiger partial charge is 0.489 e. The Labute approximate surface area is 225 Å². The summed E-state index contributed by atoms with van der Waals surface area (Å²) in [5.74, 6) is 1.52. The molecule has 4 aromatic rings. The van der Waals surface area contributed by atoms with Crippen molar-refractivity contribution in [1.29, 1.82) is 10.5 Å². The number of hydrogen-bond acceptors (Lipinski definition) is 10. The van der Waals surface area contributed by atoms with Crippen LogP contribution in [0.1, 0.15) is 33.9 Å². The minimum absolute atomic E-state index is 0.0246. The second-order valence-electron chi connectivity index (χ2n) is 8.65. The highest BCUT2D eigenvalue weighted by molar-refractivity contribution is 5.98. The Morgan fingerprint density at radius 2 is 1.56 bits per heavy atom. The SMILES string of the molecule is N#CNC1=NC(c2ccc(OCc3ccccc3)cc2OCc2ccccc2)c2c(nc(N)c(C#N)c2N)N1. The summed E-state index contributed by atoms with van der Waals surface area (Å²) >= 11 is 0. The number of nitrogen functional groups attached to an aromatic ring is 2. The first-order chi connectivity index (χ1) is 19.1. The number of rotatable bonds is 7. The highest BCUT2D eigenvalue weighted by atomic mass is 16.5. The van der Waals surface area contributed by atoms with E-state index in [1.54, 1.807) is 6.07 Å². The monoisotopic (exact) mass is 516 g/mol. The zero-order valence-electron chi connectivity index (χ0n) is 20.8. The van der Waals surface area contributed by atoms with E-state index in [1.165, 1.54) is 0 Å². The van der Waals surface area contributed by atoms with E-state index in [0.717, 1.165) is 11.1 Å². The van der Waals surface area contributed by atoms with Crippen LogP contribution in [0, 0.1) is 22.8 Å². The van der Waals surface area contributed by atoms with Crippen LogP contribution >= 0.6 is 0 Å². The highest BCUT2D eigenvalue weighted by Gasteiger charge is 2.31. The number of aromatic nitrogens is 1. The molecule has 3 aromatic carbocycles. The number of nitrogens with one attached hydrogen (secondary N) is 2. The van der Waals surface area contributed by atoms with Crippen molar-refractivity contribution in [3.63, 3.8) is 0 Å². The molecular formula is C29H24N8O2. The number of aliphatic imine (C=N–C) groups is 1. The van der Waals surface area contributed by atoms with E-state index in [0.29, 0.717) is 41.7 Å². The molecule has 1 aromatic heterocycles. The van der Waals surface area contributed by atoms with Crippen molar-refractivity contribution in [1.82, 2.24) is 10.3 Å². The Kier molecular flexibility index (Phi) is 7.10. The van der Waals surface area contributed by atoms with Crippen LogP contribution in [-0.2, 0) is 13.2 Å². The van der Waals surface area contributed by atoms with Gasteiger partial charge in [0.15, 0.2) is 6.19 Å². The maximum absolute atomic E-state index is 9.65. The molecule has 0 bridgehead atoms. The van der Waals surface area contributed by atoms with Gasteiger partial charge in [-0.25, -0.2) is 9.98 Å². The molecule has 10 nitrogen and oxygen atoms in total. The summed E-state index contributed by atoms with van der Waals surface area (Å²) in [5.41, 5.74) is 15.7. The van der Waals surface area contributed by atoms with Crippen LogP contribution < -0.4 is 31.6 Å². The van der Waals surface area contributed by atoms with Crippen molar-refractivity contribution in [2.75, 3.05) is 16.8 Å². The van der Waals surface area contributed by atoms with Gasteiger partial charge in [0.25, 0.3) is 0 Å². The molecule has 1 aliphatic rings.